The fourth-order valence-corrected chi connectivity index (χ4v) is 2.62. The van der Waals surface area contributed by atoms with E-state index in [1.807, 2.05) is 0 Å². The Morgan fingerprint density at radius 1 is 0.828 bits per heavy atom. The van der Waals surface area contributed by atoms with E-state index in [-0.39, 0.29) is 19.8 Å². The van der Waals surface area contributed by atoms with E-state index in [1.165, 1.54) is 19.1 Å². The fourth-order valence-electron chi connectivity index (χ4n) is 2.62. The summed E-state index contributed by atoms with van der Waals surface area (Å²) < 4.78 is 31.9. The summed E-state index contributed by atoms with van der Waals surface area (Å²) in [5.74, 6) is -2.76. The van der Waals surface area contributed by atoms with Crippen molar-refractivity contribution in [3.8, 4) is 0 Å². The second kappa shape index (κ2) is 12.1. The van der Waals surface area contributed by atoms with Crippen LogP contribution in [0.15, 0.2) is 12.2 Å². The van der Waals surface area contributed by atoms with Crippen LogP contribution < -0.4 is 0 Å². The molecule has 0 aromatic rings. The third kappa shape index (κ3) is 8.59. The number of carbonyl (C=O) groups excluding carboxylic acids is 4. The first-order chi connectivity index (χ1) is 13.6. The highest BCUT2D eigenvalue weighted by Gasteiger charge is 2.52. The molecule has 0 radical (unpaired) electrons. The van der Waals surface area contributed by atoms with Crippen LogP contribution in [-0.4, -0.2) is 79.5 Å². The third-order valence-corrected chi connectivity index (χ3v) is 3.58. The number of rotatable bonds is 9. The molecule has 1 rings (SSSR count). The number of aliphatic hydroxyl groups is 1. The molecule has 2 unspecified atom stereocenters. The molecule has 1 N–H and O–H groups in total. The van der Waals surface area contributed by atoms with Gasteiger partial charge in [0.1, 0.15) is 12.7 Å². The maximum atomic E-state index is 11.6. The van der Waals surface area contributed by atoms with Gasteiger partial charge >= 0.3 is 23.9 Å². The van der Waals surface area contributed by atoms with Gasteiger partial charge in [-0.3, -0.25) is 19.2 Å². The van der Waals surface area contributed by atoms with Gasteiger partial charge in [0, 0.05) is 27.7 Å². The van der Waals surface area contributed by atoms with Gasteiger partial charge in [0.15, 0.2) is 24.6 Å². The molecule has 11 nitrogen and oxygen atoms in total. The van der Waals surface area contributed by atoms with Crippen molar-refractivity contribution in [2.75, 3.05) is 19.8 Å². The van der Waals surface area contributed by atoms with Crippen molar-refractivity contribution in [1.29, 1.82) is 0 Å². The molecule has 1 aliphatic heterocycles. The minimum atomic E-state index is -1.28. The Labute approximate surface area is 167 Å². The summed E-state index contributed by atoms with van der Waals surface area (Å²) in [5.41, 5.74) is 0. The molecule has 1 saturated heterocycles. The maximum Gasteiger partial charge on any atom is 0.303 e. The first-order valence-electron chi connectivity index (χ1n) is 8.83. The lowest BCUT2D eigenvalue weighted by Crippen LogP contribution is -2.62. The van der Waals surface area contributed by atoms with E-state index in [4.69, 9.17) is 33.5 Å². The molecule has 0 spiro atoms. The second-order valence-corrected chi connectivity index (χ2v) is 6.05. The highest BCUT2D eigenvalue weighted by atomic mass is 16.7. The minimum Gasteiger partial charge on any atom is -0.463 e. The molecule has 11 heteroatoms. The summed E-state index contributed by atoms with van der Waals surface area (Å²) in [6.07, 6.45) is -3.16. The lowest BCUT2D eigenvalue weighted by Gasteiger charge is -2.43. The molecule has 0 aromatic heterocycles. The van der Waals surface area contributed by atoms with Gasteiger partial charge in [0.25, 0.3) is 0 Å². The van der Waals surface area contributed by atoms with E-state index in [0.29, 0.717) is 0 Å². The molecule has 1 fully saturated rings. The van der Waals surface area contributed by atoms with Gasteiger partial charge in [-0.1, -0.05) is 12.2 Å². The molecule has 0 aromatic carbocycles. The van der Waals surface area contributed by atoms with Crippen LogP contribution >= 0.6 is 0 Å². The molecular weight excluding hydrogens is 392 g/mol. The maximum absolute atomic E-state index is 11.6. The van der Waals surface area contributed by atoms with E-state index >= 15 is 0 Å². The number of esters is 4. The van der Waals surface area contributed by atoms with Crippen molar-refractivity contribution in [2.45, 2.75) is 58.4 Å². The summed E-state index contributed by atoms with van der Waals surface area (Å²) in [6.45, 7) is 4.02. The normalized spacial score (nSPS) is 26.6. The Bertz CT molecular complexity index is 615. The monoisotopic (exact) mass is 418 g/mol. The number of aliphatic hydroxyl groups excluding tert-OH is 1. The van der Waals surface area contributed by atoms with E-state index < -0.39 is 54.6 Å². The molecule has 0 aliphatic carbocycles. The second-order valence-electron chi connectivity index (χ2n) is 6.05. The van der Waals surface area contributed by atoms with Crippen LogP contribution in [0.1, 0.15) is 27.7 Å². The third-order valence-electron chi connectivity index (χ3n) is 3.58. The zero-order chi connectivity index (χ0) is 22.0. The molecule has 0 saturated carbocycles. The highest BCUT2D eigenvalue weighted by Crippen LogP contribution is 2.29. The predicted molar refractivity (Wildman–Crippen MR) is 94.1 cm³/mol. The average Bonchev–Trinajstić information content (AvgIpc) is 2.60. The first-order valence-corrected chi connectivity index (χ1v) is 8.83. The lowest BCUT2D eigenvalue weighted by atomic mass is 9.98. The van der Waals surface area contributed by atoms with Crippen LogP contribution in [0, 0.1) is 0 Å². The molecule has 164 valence electrons. The van der Waals surface area contributed by atoms with Gasteiger partial charge in [0.2, 0.25) is 0 Å². The van der Waals surface area contributed by atoms with Crippen LogP contribution in [0.4, 0.5) is 0 Å². The molecule has 1 heterocycles. The Kier molecular flexibility index (Phi) is 10.3. The standard InChI is InChI=1S/C18H26O11/c1-10(20)25-9-14-15(26-11(2)21)16(27-12(3)22)17(28-13(4)23)18(29-14)24-8-6-5-7-19/h5-6,14-19H,7-9H2,1-4H3/b6-5-/t14?,15-,16-,17?,18+/m0/s1. The quantitative estimate of drug-likeness (QED) is 0.297. The van der Waals surface area contributed by atoms with Crippen molar-refractivity contribution in [3.63, 3.8) is 0 Å². The zero-order valence-corrected chi connectivity index (χ0v) is 16.7. The SMILES string of the molecule is CC(=O)OCC1O[C@@H](OC/C=C\CO)C(OC(C)=O)[C@@H](OC(C)=O)[C@H]1OC(C)=O. The first kappa shape index (κ1) is 24.5. The van der Waals surface area contributed by atoms with Crippen LogP contribution in [0.25, 0.3) is 0 Å². The lowest BCUT2D eigenvalue weighted by molar-refractivity contribution is -0.306. The van der Waals surface area contributed by atoms with Gasteiger partial charge in [-0.2, -0.15) is 0 Å². The minimum absolute atomic E-state index is 0.0334. The fraction of sp³-hybridized carbons (Fsp3) is 0.667. The summed E-state index contributed by atoms with van der Waals surface area (Å²) in [6, 6.07) is 0. The zero-order valence-electron chi connectivity index (χ0n) is 16.7. The number of ether oxygens (including phenoxy) is 6. The Morgan fingerprint density at radius 3 is 1.90 bits per heavy atom. The summed E-state index contributed by atoms with van der Waals surface area (Å²) in [4.78, 5) is 46.0. The molecule has 29 heavy (non-hydrogen) atoms. The summed E-state index contributed by atoms with van der Waals surface area (Å²) in [7, 11) is 0. The highest BCUT2D eigenvalue weighted by molar-refractivity contribution is 5.68. The average molecular weight is 418 g/mol. The van der Waals surface area contributed by atoms with Crippen molar-refractivity contribution in [3.05, 3.63) is 12.2 Å². The molecule has 1 aliphatic rings. The van der Waals surface area contributed by atoms with Crippen LogP contribution in [0.3, 0.4) is 0 Å². The topological polar surface area (TPSA) is 144 Å². The van der Waals surface area contributed by atoms with Crippen LogP contribution in [-0.2, 0) is 47.6 Å². The van der Waals surface area contributed by atoms with Gasteiger partial charge in [-0.25, -0.2) is 0 Å². The van der Waals surface area contributed by atoms with Crippen LogP contribution in [0.2, 0.25) is 0 Å². The van der Waals surface area contributed by atoms with Crippen molar-refractivity contribution in [2.24, 2.45) is 0 Å². The van der Waals surface area contributed by atoms with E-state index in [0.717, 1.165) is 20.8 Å². The van der Waals surface area contributed by atoms with Gasteiger partial charge < -0.3 is 33.5 Å². The number of carbonyl (C=O) groups is 4. The Hall–Kier alpha value is -2.50. The smallest absolute Gasteiger partial charge is 0.303 e. The Balaban J connectivity index is 3.22. The molecular formula is C18H26O11. The number of hydrogen-bond donors (Lipinski definition) is 1. The summed E-state index contributed by atoms with van der Waals surface area (Å²) in [5, 5.41) is 8.80. The van der Waals surface area contributed by atoms with Crippen molar-refractivity contribution >= 4 is 23.9 Å². The van der Waals surface area contributed by atoms with Crippen molar-refractivity contribution in [1.82, 2.24) is 0 Å². The van der Waals surface area contributed by atoms with Gasteiger partial charge in [0.05, 0.1) is 13.2 Å². The van der Waals surface area contributed by atoms with Crippen LogP contribution in [0.5, 0.6) is 0 Å². The predicted octanol–water partition coefficient (Wildman–Crippen LogP) is -0.365. The van der Waals surface area contributed by atoms with Gasteiger partial charge in [-0.15, -0.1) is 0 Å². The Morgan fingerprint density at radius 2 is 1.38 bits per heavy atom. The summed E-state index contributed by atoms with van der Waals surface area (Å²) >= 11 is 0. The molecule has 0 bridgehead atoms. The van der Waals surface area contributed by atoms with Crippen molar-refractivity contribution < 1.29 is 52.7 Å². The van der Waals surface area contributed by atoms with E-state index in [1.54, 1.807) is 0 Å². The number of hydrogen-bond acceptors (Lipinski definition) is 11. The largest absolute Gasteiger partial charge is 0.463 e. The molecule has 5 atom stereocenters. The van der Waals surface area contributed by atoms with E-state index in [9.17, 15) is 19.2 Å². The van der Waals surface area contributed by atoms with Gasteiger partial charge in [-0.05, 0) is 0 Å². The molecule has 0 amide bonds. The van der Waals surface area contributed by atoms with E-state index in [2.05, 4.69) is 0 Å².